The molecule has 2 fully saturated rings. The van der Waals surface area contributed by atoms with Crippen molar-refractivity contribution in [2.45, 2.75) is 20.0 Å². The molecule has 2 aliphatic rings. The molecule has 2 saturated heterocycles. The highest BCUT2D eigenvalue weighted by molar-refractivity contribution is 5.75. The standard InChI is InChI=1S/C26H28F3N7O/c1-16-9-20(36-14-25(15-36)12-35(13-25)17(2)37)7-8-22(16)33-24-31-11-21(26(27,28)29)23(34-24)32-19-6-4-5-18(10-19)30-3/h4-11,30H,12-15H2,1-3H3,(H2,31,32,33,34). The lowest BCUT2D eigenvalue weighted by atomic mass is 9.72. The molecule has 1 aromatic heterocycles. The van der Waals surface area contributed by atoms with Gasteiger partial charge in [0.15, 0.2) is 0 Å². The number of hydrogen-bond acceptors (Lipinski definition) is 7. The van der Waals surface area contributed by atoms with Crippen molar-refractivity contribution in [1.82, 2.24) is 14.9 Å². The van der Waals surface area contributed by atoms with E-state index >= 15 is 0 Å². The van der Waals surface area contributed by atoms with Gasteiger partial charge in [-0.3, -0.25) is 4.79 Å². The number of benzene rings is 2. The van der Waals surface area contributed by atoms with Crippen LogP contribution in [0.4, 0.5) is 47.7 Å². The number of aromatic nitrogens is 2. The van der Waals surface area contributed by atoms with Gasteiger partial charge < -0.3 is 25.8 Å². The topological polar surface area (TPSA) is 85.4 Å². The van der Waals surface area contributed by atoms with Crippen LogP contribution in [0.5, 0.6) is 0 Å². The molecule has 0 radical (unpaired) electrons. The van der Waals surface area contributed by atoms with E-state index in [-0.39, 0.29) is 23.1 Å². The van der Waals surface area contributed by atoms with Gasteiger partial charge in [0.05, 0.1) is 0 Å². The van der Waals surface area contributed by atoms with Gasteiger partial charge >= 0.3 is 6.18 Å². The lowest BCUT2D eigenvalue weighted by molar-refractivity contribution is -0.142. The van der Waals surface area contributed by atoms with Gasteiger partial charge in [0, 0.05) is 74.5 Å². The molecule has 8 nitrogen and oxygen atoms in total. The molecule has 0 saturated carbocycles. The zero-order valence-corrected chi connectivity index (χ0v) is 20.8. The summed E-state index contributed by atoms with van der Waals surface area (Å²) in [4.78, 5) is 23.7. The second-order valence-electron chi connectivity index (χ2n) is 9.76. The number of nitrogens with one attached hydrogen (secondary N) is 3. The number of alkyl halides is 3. The Kier molecular flexibility index (Phi) is 6.09. The van der Waals surface area contributed by atoms with E-state index in [4.69, 9.17) is 0 Å². The number of rotatable bonds is 6. The van der Waals surface area contributed by atoms with Crippen LogP contribution in [0.1, 0.15) is 18.1 Å². The molecule has 11 heteroatoms. The number of nitrogens with zero attached hydrogens (tertiary/aromatic N) is 4. The maximum atomic E-state index is 13.6. The van der Waals surface area contributed by atoms with E-state index in [0.717, 1.165) is 49.3 Å². The number of anilines is 6. The van der Waals surface area contributed by atoms with Crippen molar-refractivity contribution in [1.29, 1.82) is 0 Å². The highest BCUT2D eigenvalue weighted by atomic mass is 19.4. The van der Waals surface area contributed by atoms with Crippen LogP contribution in [0.3, 0.4) is 0 Å². The Labute approximate surface area is 212 Å². The fourth-order valence-electron chi connectivity index (χ4n) is 4.87. The van der Waals surface area contributed by atoms with Gasteiger partial charge in [0.25, 0.3) is 0 Å². The van der Waals surface area contributed by atoms with Gasteiger partial charge in [-0.05, 0) is 48.9 Å². The van der Waals surface area contributed by atoms with Crippen LogP contribution in [0, 0.1) is 12.3 Å². The van der Waals surface area contributed by atoms with E-state index in [1.165, 1.54) is 0 Å². The van der Waals surface area contributed by atoms with Crippen molar-refractivity contribution in [3.05, 3.63) is 59.8 Å². The monoisotopic (exact) mass is 511 g/mol. The molecule has 5 rings (SSSR count). The summed E-state index contributed by atoms with van der Waals surface area (Å²) in [6.45, 7) is 6.92. The van der Waals surface area contributed by atoms with E-state index < -0.39 is 11.7 Å². The number of halogens is 3. The fourth-order valence-corrected chi connectivity index (χ4v) is 4.87. The average Bonchev–Trinajstić information content (AvgIpc) is 2.78. The number of carbonyl (C=O) groups is 1. The van der Waals surface area contributed by atoms with Crippen LogP contribution in [-0.2, 0) is 11.0 Å². The van der Waals surface area contributed by atoms with Gasteiger partial charge in [0.1, 0.15) is 11.4 Å². The van der Waals surface area contributed by atoms with Gasteiger partial charge in [0.2, 0.25) is 11.9 Å². The first-order valence-electron chi connectivity index (χ1n) is 11.9. The van der Waals surface area contributed by atoms with E-state index in [1.807, 2.05) is 36.1 Å². The second kappa shape index (κ2) is 9.13. The third-order valence-electron chi connectivity index (χ3n) is 6.88. The molecule has 3 N–H and O–H groups in total. The Hall–Kier alpha value is -4.02. The van der Waals surface area contributed by atoms with Gasteiger partial charge in [-0.25, -0.2) is 4.98 Å². The largest absolute Gasteiger partial charge is 0.421 e. The number of carbonyl (C=O) groups excluding carboxylic acids is 1. The highest BCUT2D eigenvalue weighted by Crippen LogP contribution is 2.42. The number of likely N-dealkylation sites (tertiary alicyclic amines) is 1. The second-order valence-corrected chi connectivity index (χ2v) is 9.76. The fraction of sp³-hybridized carbons (Fsp3) is 0.346. The molecule has 0 unspecified atom stereocenters. The van der Waals surface area contributed by atoms with Crippen LogP contribution in [0.2, 0.25) is 0 Å². The summed E-state index contributed by atoms with van der Waals surface area (Å²) in [5.74, 6) is -0.165. The van der Waals surface area contributed by atoms with E-state index in [2.05, 4.69) is 30.8 Å². The molecule has 3 heterocycles. The predicted molar refractivity (Wildman–Crippen MR) is 138 cm³/mol. The van der Waals surface area contributed by atoms with Crippen molar-refractivity contribution < 1.29 is 18.0 Å². The SMILES string of the molecule is CNc1cccc(Nc2nc(Nc3ccc(N4CC5(CN(C(C)=O)C5)C4)cc3C)ncc2C(F)(F)F)c1. The van der Waals surface area contributed by atoms with Crippen molar-refractivity contribution in [3.8, 4) is 0 Å². The zero-order chi connectivity index (χ0) is 26.4. The minimum atomic E-state index is -4.62. The Morgan fingerprint density at radius 3 is 2.41 bits per heavy atom. The van der Waals surface area contributed by atoms with Crippen LogP contribution >= 0.6 is 0 Å². The quantitative estimate of drug-likeness (QED) is 0.429. The summed E-state index contributed by atoms with van der Waals surface area (Å²) in [6, 6.07) is 12.8. The molecule has 0 atom stereocenters. The van der Waals surface area contributed by atoms with Crippen molar-refractivity contribution in [2.75, 3.05) is 54.1 Å². The van der Waals surface area contributed by atoms with Crippen LogP contribution < -0.4 is 20.9 Å². The molecule has 194 valence electrons. The molecule has 2 aromatic carbocycles. The lowest BCUT2D eigenvalue weighted by Crippen LogP contribution is -2.72. The minimum absolute atomic E-state index is 0.0535. The zero-order valence-electron chi connectivity index (χ0n) is 20.8. The summed E-state index contributed by atoms with van der Waals surface area (Å²) in [5.41, 5.74) is 3.14. The highest BCUT2D eigenvalue weighted by Gasteiger charge is 2.52. The predicted octanol–water partition coefficient (Wildman–Crippen LogP) is 5.00. The first-order valence-corrected chi connectivity index (χ1v) is 11.9. The Bertz CT molecular complexity index is 1330. The van der Waals surface area contributed by atoms with Gasteiger partial charge in [-0.1, -0.05) is 6.07 Å². The van der Waals surface area contributed by atoms with Crippen LogP contribution in [0.15, 0.2) is 48.7 Å². The number of aryl methyl sites for hydroxylation is 1. The van der Waals surface area contributed by atoms with Crippen molar-refractivity contribution >= 4 is 40.4 Å². The van der Waals surface area contributed by atoms with E-state index in [1.54, 1.807) is 32.2 Å². The van der Waals surface area contributed by atoms with Gasteiger partial charge in [-0.2, -0.15) is 18.2 Å². The number of amides is 1. The molecule has 3 aromatic rings. The molecule has 1 amide bonds. The average molecular weight is 512 g/mol. The summed E-state index contributed by atoms with van der Waals surface area (Å²) >= 11 is 0. The van der Waals surface area contributed by atoms with Gasteiger partial charge in [-0.15, -0.1) is 0 Å². The summed E-state index contributed by atoms with van der Waals surface area (Å²) in [6.07, 6.45) is -3.83. The first-order chi connectivity index (χ1) is 17.5. The molecular weight excluding hydrogens is 483 g/mol. The van der Waals surface area contributed by atoms with Crippen LogP contribution in [-0.4, -0.2) is 54.0 Å². The Morgan fingerprint density at radius 1 is 1.03 bits per heavy atom. The van der Waals surface area contributed by atoms with Crippen LogP contribution in [0.25, 0.3) is 0 Å². The summed E-state index contributed by atoms with van der Waals surface area (Å²) < 4.78 is 40.9. The first kappa shape index (κ1) is 24.7. The third kappa shape index (κ3) is 4.98. The Balaban J connectivity index is 1.31. The van der Waals surface area contributed by atoms with Crippen molar-refractivity contribution in [2.24, 2.45) is 5.41 Å². The molecule has 1 spiro atoms. The smallest absolute Gasteiger partial charge is 0.388 e. The molecule has 2 aliphatic heterocycles. The Morgan fingerprint density at radius 2 is 1.76 bits per heavy atom. The summed E-state index contributed by atoms with van der Waals surface area (Å²) in [7, 11) is 1.73. The molecular formula is C26H28F3N7O. The molecule has 0 bridgehead atoms. The van der Waals surface area contributed by atoms with E-state index in [9.17, 15) is 18.0 Å². The molecule has 37 heavy (non-hydrogen) atoms. The lowest BCUT2D eigenvalue weighted by Gasteiger charge is -2.60. The maximum Gasteiger partial charge on any atom is 0.421 e. The van der Waals surface area contributed by atoms with Crippen molar-refractivity contribution in [3.63, 3.8) is 0 Å². The minimum Gasteiger partial charge on any atom is -0.388 e. The maximum absolute atomic E-state index is 13.6. The number of hydrogen-bond donors (Lipinski definition) is 3. The normalized spacial score (nSPS) is 16.2. The summed E-state index contributed by atoms with van der Waals surface area (Å²) in [5, 5.41) is 8.79. The van der Waals surface area contributed by atoms with E-state index in [0.29, 0.717) is 11.4 Å². The molecule has 0 aliphatic carbocycles. The third-order valence-corrected chi connectivity index (χ3v) is 6.88.